The van der Waals surface area contributed by atoms with E-state index < -0.39 is 8.32 Å². The van der Waals surface area contributed by atoms with Crippen LogP contribution < -0.4 is 4.43 Å². The number of hydrogen-bond donors (Lipinski definition) is 0. The number of benzene rings is 1. The van der Waals surface area contributed by atoms with Gasteiger partial charge in [-0.25, -0.2) is 0 Å². The van der Waals surface area contributed by atoms with Gasteiger partial charge in [-0.05, 0) is 34.8 Å². The standard InChI is InChI=1S/C19H26O3Si/c1-12(2)23(13(3)4,14(5)6)22-18-9-7-8-15-16(20)10-11-17(21)19(15)18/h7-14H,1-6H3. The summed E-state index contributed by atoms with van der Waals surface area (Å²) in [6.45, 7) is 13.2. The molecule has 0 fully saturated rings. The molecule has 0 aliphatic heterocycles. The zero-order valence-corrected chi connectivity index (χ0v) is 15.8. The Morgan fingerprint density at radius 3 is 1.87 bits per heavy atom. The first-order valence-electron chi connectivity index (χ1n) is 8.30. The molecule has 0 amide bonds. The van der Waals surface area contributed by atoms with Crippen LogP contribution in [0, 0.1) is 0 Å². The number of ketones is 2. The SMILES string of the molecule is CC(C)[Si](Oc1cccc2c1C(=O)C=CC2=O)(C(C)C)C(C)C. The first kappa shape index (κ1) is 17.7. The zero-order chi connectivity index (χ0) is 17.4. The third kappa shape index (κ3) is 2.92. The number of hydrogen-bond acceptors (Lipinski definition) is 3. The van der Waals surface area contributed by atoms with Crippen molar-refractivity contribution in [2.75, 3.05) is 0 Å². The second-order valence-electron chi connectivity index (χ2n) is 7.16. The highest BCUT2D eigenvalue weighted by Gasteiger charge is 2.47. The summed E-state index contributed by atoms with van der Waals surface area (Å²) < 4.78 is 6.64. The maximum Gasteiger partial charge on any atom is 0.258 e. The lowest BCUT2D eigenvalue weighted by Crippen LogP contribution is -2.51. The summed E-state index contributed by atoms with van der Waals surface area (Å²) in [7, 11) is -2.17. The number of rotatable bonds is 5. The zero-order valence-electron chi connectivity index (χ0n) is 14.8. The molecule has 2 rings (SSSR count). The summed E-state index contributed by atoms with van der Waals surface area (Å²) in [4.78, 5) is 24.4. The Morgan fingerprint density at radius 1 is 0.826 bits per heavy atom. The first-order chi connectivity index (χ1) is 10.7. The molecule has 0 aromatic heterocycles. The molecule has 1 aliphatic carbocycles. The van der Waals surface area contributed by atoms with E-state index in [-0.39, 0.29) is 11.6 Å². The summed E-state index contributed by atoms with van der Waals surface area (Å²) in [5.74, 6) is 0.304. The van der Waals surface area contributed by atoms with Crippen molar-refractivity contribution in [3.05, 3.63) is 41.5 Å². The quantitative estimate of drug-likeness (QED) is 0.699. The topological polar surface area (TPSA) is 43.4 Å². The molecule has 4 heteroatoms. The van der Waals surface area contributed by atoms with Crippen molar-refractivity contribution in [2.24, 2.45) is 0 Å². The second-order valence-corrected chi connectivity index (χ2v) is 12.5. The Hall–Kier alpha value is -1.68. The summed E-state index contributed by atoms with van der Waals surface area (Å²) in [5.41, 5.74) is 2.10. The fourth-order valence-corrected chi connectivity index (χ4v) is 9.20. The largest absolute Gasteiger partial charge is 0.542 e. The van der Waals surface area contributed by atoms with Gasteiger partial charge in [0.25, 0.3) is 8.32 Å². The Morgan fingerprint density at radius 2 is 1.35 bits per heavy atom. The maximum absolute atomic E-state index is 12.3. The van der Waals surface area contributed by atoms with Gasteiger partial charge in [-0.1, -0.05) is 53.7 Å². The first-order valence-corrected chi connectivity index (χ1v) is 10.4. The van der Waals surface area contributed by atoms with Gasteiger partial charge < -0.3 is 4.43 Å². The third-order valence-corrected chi connectivity index (χ3v) is 10.9. The van der Waals surface area contributed by atoms with Gasteiger partial charge in [-0.15, -0.1) is 0 Å². The molecule has 0 N–H and O–H groups in total. The minimum atomic E-state index is -2.17. The predicted molar refractivity (Wildman–Crippen MR) is 95.9 cm³/mol. The van der Waals surface area contributed by atoms with Gasteiger partial charge in [0.1, 0.15) is 5.75 Å². The lowest BCUT2D eigenvalue weighted by atomic mass is 9.94. The number of fused-ring (bicyclic) bond motifs is 1. The van der Waals surface area contributed by atoms with Crippen LogP contribution in [-0.4, -0.2) is 19.9 Å². The van der Waals surface area contributed by atoms with Crippen LogP contribution in [0.4, 0.5) is 0 Å². The molecule has 0 radical (unpaired) electrons. The van der Waals surface area contributed by atoms with Crippen LogP contribution in [-0.2, 0) is 0 Å². The molecule has 23 heavy (non-hydrogen) atoms. The highest BCUT2D eigenvalue weighted by molar-refractivity contribution is 6.78. The normalized spacial score (nSPS) is 14.8. The summed E-state index contributed by atoms with van der Waals surface area (Å²) in [5, 5.41) is 0. The number of carbonyl (C=O) groups excluding carboxylic acids is 2. The molecule has 1 aliphatic rings. The summed E-state index contributed by atoms with van der Waals surface area (Å²) >= 11 is 0. The smallest absolute Gasteiger partial charge is 0.258 e. The Bertz CT molecular complexity index is 635. The minimum Gasteiger partial charge on any atom is -0.542 e. The van der Waals surface area contributed by atoms with E-state index in [1.54, 1.807) is 12.1 Å². The average Bonchev–Trinajstić information content (AvgIpc) is 2.47. The lowest BCUT2D eigenvalue weighted by molar-refractivity contribution is 0.0992. The van der Waals surface area contributed by atoms with Gasteiger partial charge in [0.2, 0.25) is 0 Å². The molecule has 3 nitrogen and oxygen atoms in total. The van der Waals surface area contributed by atoms with E-state index in [1.807, 2.05) is 6.07 Å². The highest BCUT2D eigenvalue weighted by atomic mass is 28.4. The van der Waals surface area contributed by atoms with Gasteiger partial charge in [0, 0.05) is 5.56 Å². The van der Waals surface area contributed by atoms with Crippen molar-refractivity contribution < 1.29 is 14.0 Å². The van der Waals surface area contributed by atoms with Crippen LogP contribution >= 0.6 is 0 Å². The van der Waals surface area contributed by atoms with E-state index in [4.69, 9.17) is 4.43 Å². The van der Waals surface area contributed by atoms with Crippen LogP contribution in [0.3, 0.4) is 0 Å². The second kappa shape index (κ2) is 6.44. The molecule has 0 bridgehead atoms. The lowest BCUT2D eigenvalue weighted by Gasteiger charge is -2.42. The van der Waals surface area contributed by atoms with Crippen molar-refractivity contribution >= 4 is 19.9 Å². The van der Waals surface area contributed by atoms with E-state index in [1.165, 1.54) is 12.2 Å². The number of allylic oxidation sites excluding steroid dienone is 2. The Kier molecular flexibility index (Phi) is 4.94. The maximum atomic E-state index is 12.3. The van der Waals surface area contributed by atoms with Crippen molar-refractivity contribution in [3.63, 3.8) is 0 Å². The highest BCUT2D eigenvalue weighted by Crippen LogP contribution is 2.44. The van der Waals surface area contributed by atoms with Gasteiger partial charge in [0.05, 0.1) is 5.56 Å². The molecule has 0 spiro atoms. The monoisotopic (exact) mass is 330 g/mol. The van der Waals surface area contributed by atoms with Gasteiger partial charge in [-0.3, -0.25) is 9.59 Å². The minimum absolute atomic E-state index is 0.129. The van der Waals surface area contributed by atoms with Gasteiger partial charge >= 0.3 is 0 Å². The van der Waals surface area contributed by atoms with Gasteiger partial charge in [0.15, 0.2) is 11.6 Å². The molecule has 1 aromatic rings. The van der Waals surface area contributed by atoms with Crippen molar-refractivity contribution in [2.45, 2.75) is 58.2 Å². The molecule has 0 unspecified atom stereocenters. The van der Waals surface area contributed by atoms with E-state index in [9.17, 15) is 9.59 Å². The van der Waals surface area contributed by atoms with Crippen LogP contribution in [0.1, 0.15) is 62.3 Å². The molecular formula is C19H26O3Si. The Labute approximate surface area is 139 Å². The molecule has 0 heterocycles. The van der Waals surface area contributed by atoms with Crippen LogP contribution in [0.15, 0.2) is 30.4 Å². The third-order valence-electron chi connectivity index (χ3n) is 4.92. The molecule has 0 saturated carbocycles. The summed E-state index contributed by atoms with van der Waals surface area (Å²) in [6, 6.07) is 5.34. The van der Waals surface area contributed by atoms with Crippen LogP contribution in [0.5, 0.6) is 5.75 Å². The van der Waals surface area contributed by atoms with Crippen LogP contribution in [0.2, 0.25) is 16.6 Å². The summed E-state index contributed by atoms with van der Waals surface area (Å²) in [6.07, 6.45) is 2.69. The van der Waals surface area contributed by atoms with Crippen LogP contribution in [0.25, 0.3) is 0 Å². The number of carbonyl (C=O) groups is 2. The fourth-order valence-electron chi connectivity index (χ4n) is 3.94. The molecule has 0 atom stereocenters. The predicted octanol–water partition coefficient (Wildman–Crippen LogP) is 5.18. The molecule has 124 valence electrons. The fraction of sp³-hybridized carbons (Fsp3) is 0.474. The van der Waals surface area contributed by atoms with E-state index in [2.05, 4.69) is 41.5 Å². The molecule has 1 aromatic carbocycles. The van der Waals surface area contributed by atoms with Crippen molar-refractivity contribution in [3.8, 4) is 5.75 Å². The molecule has 0 saturated heterocycles. The van der Waals surface area contributed by atoms with Crippen molar-refractivity contribution in [1.82, 2.24) is 0 Å². The molecular weight excluding hydrogens is 304 g/mol. The Balaban J connectivity index is 2.58. The van der Waals surface area contributed by atoms with E-state index in [0.29, 0.717) is 33.5 Å². The van der Waals surface area contributed by atoms with Crippen molar-refractivity contribution in [1.29, 1.82) is 0 Å². The van der Waals surface area contributed by atoms with Gasteiger partial charge in [-0.2, -0.15) is 0 Å². The van der Waals surface area contributed by atoms with E-state index >= 15 is 0 Å². The average molecular weight is 331 g/mol. The van der Waals surface area contributed by atoms with E-state index in [0.717, 1.165) is 0 Å².